The van der Waals surface area contributed by atoms with Gasteiger partial charge in [-0.15, -0.1) is 12.6 Å². The van der Waals surface area contributed by atoms with E-state index in [2.05, 4.69) is 19.6 Å². The maximum absolute atomic E-state index is 11.2. The number of hydrogen-bond donors (Lipinski definition) is 1. The van der Waals surface area contributed by atoms with Crippen molar-refractivity contribution in [2.75, 3.05) is 0 Å². The summed E-state index contributed by atoms with van der Waals surface area (Å²) in [7, 11) is 0. The Balaban J connectivity index is 3.10. The largest absolute Gasteiger partial charge is 0.452 e. The summed E-state index contributed by atoms with van der Waals surface area (Å²) in [5, 5.41) is 0. The van der Waals surface area contributed by atoms with Gasteiger partial charge in [-0.2, -0.15) is 0 Å². The van der Waals surface area contributed by atoms with Gasteiger partial charge in [0.05, 0.1) is 0 Å². The lowest BCUT2D eigenvalue weighted by molar-refractivity contribution is -0.144. The number of carbonyl (C=O) groups excluding carboxylic acids is 1. The van der Waals surface area contributed by atoms with Gasteiger partial charge in [0, 0.05) is 6.42 Å². The van der Waals surface area contributed by atoms with Crippen LogP contribution in [0.15, 0.2) is 0 Å². The topological polar surface area (TPSA) is 26.3 Å². The van der Waals surface area contributed by atoms with Crippen molar-refractivity contribution in [1.29, 1.82) is 0 Å². The molecule has 0 aromatic heterocycles. The van der Waals surface area contributed by atoms with Crippen molar-refractivity contribution in [3.63, 3.8) is 0 Å². The predicted molar refractivity (Wildman–Crippen MR) is 76.4 cm³/mol. The molecular formula is C14H28O2S. The minimum atomic E-state index is -0.277. The Kier molecular flexibility index (Phi) is 12.2. The van der Waals surface area contributed by atoms with E-state index >= 15 is 0 Å². The first-order valence-corrected chi connectivity index (χ1v) is 7.56. The third-order valence-corrected chi connectivity index (χ3v) is 2.89. The molecule has 0 heterocycles. The highest BCUT2D eigenvalue weighted by atomic mass is 32.1. The van der Waals surface area contributed by atoms with E-state index in [4.69, 9.17) is 4.74 Å². The molecule has 0 bridgehead atoms. The van der Waals surface area contributed by atoms with E-state index in [1.54, 1.807) is 6.92 Å². The van der Waals surface area contributed by atoms with Gasteiger partial charge in [-0.1, -0.05) is 58.3 Å². The maximum atomic E-state index is 11.2. The van der Waals surface area contributed by atoms with E-state index in [9.17, 15) is 4.79 Å². The molecule has 102 valence electrons. The van der Waals surface area contributed by atoms with Crippen LogP contribution in [-0.2, 0) is 9.53 Å². The van der Waals surface area contributed by atoms with Crippen LogP contribution in [-0.4, -0.2) is 11.4 Å². The first-order valence-electron chi connectivity index (χ1n) is 7.04. The second kappa shape index (κ2) is 12.3. The Labute approximate surface area is 112 Å². The number of esters is 1. The normalized spacial score (nSPS) is 12.4. The van der Waals surface area contributed by atoms with E-state index < -0.39 is 0 Å². The lowest BCUT2D eigenvalue weighted by Gasteiger charge is -2.06. The zero-order valence-electron chi connectivity index (χ0n) is 11.4. The van der Waals surface area contributed by atoms with Crippen LogP contribution in [0.3, 0.4) is 0 Å². The Bertz CT molecular complexity index is 181. The molecule has 0 radical (unpaired) electrons. The molecule has 0 saturated heterocycles. The lowest BCUT2D eigenvalue weighted by Crippen LogP contribution is -2.08. The summed E-state index contributed by atoms with van der Waals surface area (Å²) in [6.45, 7) is 4.00. The summed E-state index contributed by atoms with van der Waals surface area (Å²) in [6.07, 6.45) is 12.0. The van der Waals surface area contributed by atoms with Crippen molar-refractivity contribution in [1.82, 2.24) is 0 Å². The second-order valence-corrected chi connectivity index (χ2v) is 5.39. The quantitative estimate of drug-likeness (QED) is 0.252. The summed E-state index contributed by atoms with van der Waals surface area (Å²) in [5.41, 5.74) is -0.277. The van der Waals surface area contributed by atoms with Crippen LogP contribution in [0, 0.1) is 0 Å². The molecule has 17 heavy (non-hydrogen) atoms. The Hall–Kier alpha value is -0.180. The summed E-state index contributed by atoms with van der Waals surface area (Å²) in [4.78, 5) is 11.2. The molecule has 1 atom stereocenters. The summed E-state index contributed by atoms with van der Waals surface area (Å²) in [6, 6.07) is 0. The minimum absolute atomic E-state index is 0.115. The summed E-state index contributed by atoms with van der Waals surface area (Å²) in [5.74, 6) is -0.115. The summed E-state index contributed by atoms with van der Waals surface area (Å²) >= 11 is 4.01. The fraction of sp³-hybridized carbons (Fsp3) is 0.929. The maximum Gasteiger partial charge on any atom is 0.306 e. The van der Waals surface area contributed by atoms with Crippen LogP contribution >= 0.6 is 12.6 Å². The second-order valence-electron chi connectivity index (χ2n) is 4.67. The number of ether oxygens (including phenoxy) is 1. The molecular weight excluding hydrogens is 232 g/mol. The Morgan fingerprint density at radius 1 is 1.00 bits per heavy atom. The molecule has 3 heteroatoms. The third kappa shape index (κ3) is 13.8. The van der Waals surface area contributed by atoms with Crippen molar-refractivity contribution >= 4 is 18.6 Å². The Morgan fingerprint density at radius 2 is 1.47 bits per heavy atom. The van der Waals surface area contributed by atoms with Crippen LogP contribution in [0.5, 0.6) is 0 Å². The molecule has 1 unspecified atom stereocenters. The molecule has 0 rings (SSSR count). The molecule has 0 aliphatic carbocycles. The van der Waals surface area contributed by atoms with Crippen LogP contribution in [0.1, 0.15) is 78.1 Å². The highest BCUT2D eigenvalue weighted by Crippen LogP contribution is 2.11. The van der Waals surface area contributed by atoms with Gasteiger partial charge in [-0.05, 0) is 13.3 Å². The van der Waals surface area contributed by atoms with E-state index in [1.165, 1.54) is 44.9 Å². The molecule has 0 amide bonds. The number of unbranched alkanes of at least 4 members (excludes halogenated alkanes) is 8. The molecule has 0 N–H and O–H groups in total. The van der Waals surface area contributed by atoms with E-state index in [0.717, 1.165) is 12.8 Å². The molecule has 0 saturated carbocycles. The average Bonchev–Trinajstić information content (AvgIpc) is 2.26. The molecule has 0 aliphatic rings. The predicted octanol–water partition coefficient (Wildman–Crippen LogP) is 4.73. The van der Waals surface area contributed by atoms with E-state index in [-0.39, 0.29) is 11.4 Å². The number of hydrogen-bond acceptors (Lipinski definition) is 3. The van der Waals surface area contributed by atoms with Crippen LogP contribution in [0.4, 0.5) is 0 Å². The van der Waals surface area contributed by atoms with Crippen LogP contribution in [0.2, 0.25) is 0 Å². The third-order valence-electron chi connectivity index (χ3n) is 2.79. The average molecular weight is 260 g/mol. The van der Waals surface area contributed by atoms with E-state index in [1.807, 2.05) is 0 Å². The van der Waals surface area contributed by atoms with Gasteiger partial charge >= 0.3 is 5.97 Å². The first kappa shape index (κ1) is 16.8. The van der Waals surface area contributed by atoms with Gasteiger partial charge in [0.25, 0.3) is 0 Å². The molecule has 0 fully saturated rings. The molecule has 0 spiro atoms. The monoisotopic (exact) mass is 260 g/mol. The van der Waals surface area contributed by atoms with Crippen LogP contribution in [0.25, 0.3) is 0 Å². The molecule has 2 nitrogen and oxygen atoms in total. The van der Waals surface area contributed by atoms with Crippen molar-refractivity contribution in [2.45, 2.75) is 83.5 Å². The molecule has 0 aromatic carbocycles. The lowest BCUT2D eigenvalue weighted by atomic mass is 10.1. The summed E-state index contributed by atoms with van der Waals surface area (Å²) < 4.78 is 4.95. The highest BCUT2D eigenvalue weighted by molar-refractivity contribution is 7.80. The minimum Gasteiger partial charge on any atom is -0.452 e. The molecule has 0 aliphatic heterocycles. The zero-order valence-corrected chi connectivity index (χ0v) is 12.3. The van der Waals surface area contributed by atoms with E-state index in [0.29, 0.717) is 6.42 Å². The standard InChI is InChI=1S/C14H28O2S/c1-3-4-5-6-7-8-9-10-11-12-14(15)16-13(2)17/h13,17H,3-12H2,1-2H3. The van der Waals surface area contributed by atoms with Crippen molar-refractivity contribution < 1.29 is 9.53 Å². The fourth-order valence-electron chi connectivity index (χ4n) is 1.83. The van der Waals surface area contributed by atoms with Gasteiger partial charge in [-0.25, -0.2) is 0 Å². The highest BCUT2D eigenvalue weighted by Gasteiger charge is 2.04. The van der Waals surface area contributed by atoms with Crippen molar-refractivity contribution in [2.24, 2.45) is 0 Å². The van der Waals surface area contributed by atoms with Crippen LogP contribution < -0.4 is 0 Å². The number of thiol groups is 1. The first-order chi connectivity index (χ1) is 8.16. The van der Waals surface area contributed by atoms with Crippen molar-refractivity contribution in [3.8, 4) is 0 Å². The SMILES string of the molecule is CCCCCCCCCCCC(=O)OC(C)S. The van der Waals surface area contributed by atoms with Gasteiger partial charge in [0.1, 0.15) is 5.44 Å². The number of rotatable bonds is 11. The fourth-order valence-corrected chi connectivity index (χ4v) is 1.95. The van der Waals surface area contributed by atoms with Gasteiger partial charge in [-0.3, -0.25) is 4.79 Å². The van der Waals surface area contributed by atoms with Gasteiger partial charge in [0.2, 0.25) is 0 Å². The van der Waals surface area contributed by atoms with Gasteiger partial charge in [0.15, 0.2) is 0 Å². The van der Waals surface area contributed by atoms with Gasteiger partial charge < -0.3 is 4.74 Å². The molecule has 0 aromatic rings. The Morgan fingerprint density at radius 3 is 1.94 bits per heavy atom. The number of carbonyl (C=O) groups is 1. The smallest absolute Gasteiger partial charge is 0.306 e. The zero-order chi connectivity index (χ0) is 12.9. The van der Waals surface area contributed by atoms with Crippen molar-refractivity contribution in [3.05, 3.63) is 0 Å².